The van der Waals surface area contributed by atoms with E-state index in [4.69, 9.17) is 14.7 Å². The van der Waals surface area contributed by atoms with Gasteiger partial charge in [0.25, 0.3) is 5.91 Å². The molecule has 158 valence electrons. The number of hydrogen-bond acceptors (Lipinski definition) is 6. The summed E-state index contributed by atoms with van der Waals surface area (Å²) in [7, 11) is 0. The van der Waals surface area contributed by atoms with E-state index < -0.39 is 23.9 Å². The molecule has 2 N–H and O–H groups in total. The fourth-order valence-electron chi connectivity index (χ4n) is 3.76. The monoisotopic (exact) mass is 420 g/mol. The molecule has 2 aromatic rings. The Morgan fingerprint density at radius 3 is 2.97 bits per heavy atom. The van der Waals surface area contributed by atoms with Gasteiger partial charge in [-0.15, -0.1) is 0 Å². The topological polar surface area (TPSA) is 107 Å². The van der Waals surface area contributed by atoms with Crippen molar-refractivity contribution in [1.82, 2.24) is 10.6 Å². The second kappa shape index (κ2) is 9.13. The van der Waals surface area contributed by atoms with Gasteiger partial charge in [-0.25, -0.2) is 4.39 Å². The third-order valence-corrected chi connectivity index (χ3v) is 5.40. The van der Waals surface area contributed by atoms with Crippen LogP contribution >= 0.6 is 0 Å². The van der Waals surface area contributed by atoms with Gasteiger partial charge in [-0.2, -0.15) is 10.5 Å². The highest BCUT2D eigenvalue weighted by atomic mass is 19.1. The van der Waals surface area contributed by atoms with Gasteiger partial charge in [0, 0.05) is 25.1 Å². The zero-order chi connectivity index (χ0) is 21.8. The molecule has 1 fully saturated rings. The molecule has 2 aromatic carbocycles. The van der Waals surface area contributed by atoms with Crippen molar-refractivity contribution >= 4 is 5.91 Å². The smallest absolute Gasteiger partial charge is 0.251 e. The molecule has 0 radical (unpaired) electrons. The molecular weight excluding hydrogens is 399 g/mol. The first-order valence-electron chi connectivity index (χ1n) is 10.1. The number of nitrogens with one attached hydrogen (secondary N) is 2. The summed E-state index contributed by atoms with van der Waals surface area (Å²) in [5.74, 6) is -0.411. The number of nitriles is 2. The molecule has 7 nitrogen and oxygen atoms in total. The summed E-state index contributed by atoms with van der Waals surface area (Å²) in [4.78, 5) is 12.5. The quantitative estimate of drug-likeness (QED) is 0.785. The van der Waals surface area contributed by atoms with Gasteiger partial charge in [0.2, 0.25) is 0 Å². The van der Waals surface area contributed by atoms with Crippen molar-refractivity contribution in [2.24, 2.45) is 0 Å². The minimum absolute atomic E-state index is 0.00401. The number of nitrogens with zero attached hydrogens (tertiary/aromatic N) is 2. The Kier molecular flexibility index (Phi) is 6.13. The van der Waals surface area contributed by atoms with Crippen LogP contribution in [0, 0.1) is 28.5 Å². The van der Waals surface area contributed by atoms with E-state index in [1.165, 1.54) is 6.07 Å². The van der Waals surface area contributed by atoms with Crippen LogP contribution < -0.4 is 15.4 Å². The van der Waals surface area contributed by atoms with E-state index in [0.717, 1.165) is 24.1 Å². The average Bonchev–Trinajstić information content (AvgIpc) is 3.08. The molecule has 8 heteroatoms. The Balaban J connectivity index is 1.53. The SMILES string of the molecule is N#Cc1ccc2c(c1)-c1cc(F)c(C[C@@H](C#N)NC(=O)C3CNCCCO3)cc1OC2. The third-order valence-electron chi connectivity index (χ3n) is 5.40. The lowest BCUT2D eigenvalue weighted by Crippen LogP contribution is -2.46. The second-order valence-electron chi connectivity index (χ2n) is 7.52. The van der Waals surface area contributed by atoms with Crippen molar-refractivity contribution in [2.75, 3.05) is 19.7 Å². The van der Waals surface area contributed by atoms with Gasteiger partial charge in [-0.3, -0.25) is 4.79 Å². The van der Waals surface area contributed by atoms with Gasteiger partial charge in [-0.05, 0) is 53.9 Å². The van der Waals surface area contributed by atoms with Crippen molar-refractivity contribution in [3.05, 3.63) is 52.8 Å². The van der Waals surface area contributed by atoms with Crippen molar-refractivity contribution in [3.63, 3.8) is 0 Å². The van der Waals surface area contributed by atoms with Crippen LogP contribution in [0.2, 0.25) is 0 Å². The maximum absolute atomic E-state index is 14.9. The van der Waals surface area contributed by atoms with E-state index in [1.807, 2.05) is 6.07 Å². The molecule has 0 bridgehead atoms. The molecule has 4 rings (SSSR count). The average molecular weight is 420 g/mol. The Bertz CT molecular complexity index is 1080. The van der Waals surface area contributed by atoms with Crippen LogP contribution in [-0.2, 0) is 22.6 Å². The summed E-state index contributed by atoms with van der Waals surface area (Å²) in [6.45, 7) is 1.91. The van der Waals surface area contributed by atoms with E-state index >= 15 is 0 Å². The zero-order valence-corrected chi connectivity index (χ0v) is 16.8. The third kappa shape index (κ3) is 4.51. The Hall–Kier alpha value is -3.46. The largest absolute Gasteiger partial charge is 0.488 e. The maximum atomic E-state index is 14.9. The summed E-state index contributed by atoms with van der Waals surface area (Å²) < 4.78 is 26.2. The van der Waals surface area contributed by atoms with Crippen molar-refractivity contribution in [3.8, 4) is 29.0 Å². The Morgan fingerprint density at radius 2 is 2.16 bits per heavy atom. The molecule has 0 saturated carbocycles. The van der Waals surface area contributed by atoms with E-state index in [0.29, 0.717) is 36.6 Å². The summed E-state index contributed by atoms with van der Waals surface area (Å²) in [6.07, 6.45) is 0.127. The predicted molar refractivity (Wildman–Crippen MR) is 109 cm³/mol. The Morgan fingerprint density at radius 1 is 1.29 bits per heavy atom. The van der Waals surface area contributed by atoms with E-state index in [2.05, 4.69) is 16.7 Å². The summed E-state index contributed by atoms with van der Waals surface area (Å²) in [6, 6.07) is 11.3. The van der Waals surface area contributed by atoms with Crippen LogP contribution in [0.15, 0.2) is 30.3 Å². The van der Waals surface area contributed by atoms with Crippen molar-refractivity contribution in [1.29, 1.82) is 10.5 Å². The van der Waals surface area contributed by atoms with Gasteiger partial charge in [0.15, 0.2) is 0 Å². The van der Waals surface area contributed by atoms with Crippen molar-refractivity contribution < 1.29 is 18.7 Å². The number of ether oxygens (including phenoxy) is 2. The normalized spacial score (nSPS) is 18.2. The highest BCUT2D eigenvalue weighted by molar-refractivity contribution is 5.82. The lowest BCUT2D eigenvalue weighted by atomic mass is 9.93. The molecule has 2 aliphatic rings. The zero-order valence-electron chi connectivity index (χ0n) is 16.8. The Labute approximate surface area is 179 Å². The number of fused-ring (bicyclic) bond motifs is 3. The van der Waals surface area contributed by atoms with E-state index in [1.54, 1.807) is 24.3 Å². The fraction of sp³-hybridized carbons (Fsp3) is 0.348. The highest BCUT2D eigenvalue weighted by Gasteiger charge is 2.25. The molecular formula is C23H21FN4O3. The van der Waals surface area contributed by atoms with Gasteiger partial charge in [-0.1, -0.05) is 6.07 Å². The lowest BCUT2D eigenvalue weighted by molar-refractivity contribution is -0.132. The van der Waals surface area contributed by atoms with Gasteiger partial charge in [0.05, 0.1) is 17.7 Å². The molecule has 2 atom stereocenters. The van der Waals surface area contributed by atoms with E-state index in [9.17, 15) is 14.4 Å². The minimum atomic E-state index is -0.909. The number of carbonyl (C=O) groups is 1. The predicted octanol–water partition coefficient (Wildman–Crippen LogP) is 2.19. The van der Waals surface area contributed by atoms with Crippen LogP contribution in [0.25, 0.3) is 11.1 Å². The van der Waals surface area contributed by atoms with Crippen LogP contribution in [0.3, 0.4) is 0 Å². The number of halogens is 1. The van der Waals surface area contributed by atoms with Crippen LogP contribution in [0.4, 0.5) is 4.39 Å². The molecule has 0 spiro atoms. The summed E-state index contributed by atoms with van der Waals surface area (Å²) in [5, 5.41) is 24.4. The minimum Gasteiger partial charge on any atom is -0.488 e. The summed E-state index contributed by atoms with van der Waals surface area (Å²) >= 11 is 0. The molecule has 2 aliphatic heterocycles. The first-order chi connectivity index (χ1) is 15.1. The lowest BCUT2D eigenvalue weighted by Gasteiger charge is -2.23. The summed E-state index contributed by atoms with van der Waals surface area (Å²) in [5.41, 5.74) is 2.95. The number of rotatable bonds is 4. The molecule has 1 amide bonds. The molecule has 0 aromatic heterocycles. The van der Waals surface area contributed by atoms with E-state index in [-0.39, 0.29) is 12.0 Å². The number of amides is 1. The number of carbonyl (C=O) groups excluding carboxylic acids is 1. The first kappa shape index (κ1) is 20.8. The molecule has 31 heavy (non-hydrogen) atoms. The second-order valence-corrected chi connectivity index (χ2v) is 7.52. The fourth-order valence-corrected chi connectivity index (χ4v) is 3.76. The van der Waals surface area contributed by atoms with Gasteiger partial charge < -0.3 is 20.1 Å². The standard InChI is InChI=1S/C23H21FN4O3/c24-20-9-19-18-6-14(10-25)2-3-15(18)13-31-21(19)8-16(20)7-17(11-26)28-23(29)22-12-27-4-1-5-30-22/h2-3,6,8-9,17,22,27H,1,4-5,7,12-13H2,(H,28,29)/t17-,22?/m0/s1. The number of hydrogen-bond donors (Lipinski definition) is 2. The van der Waals surface area contributed by atoms with Crippen LogP contribution in [0.1, 0.15) is 23.1 Å². The first-order valence-corrected chi connectivity index (χ1v) is 10.1. The highest BCUT2D eigenvalue weighted by Crippen LogP contribution is 2.39. The molecule has 2 heterocycles. The molecule has 0 aliphatic carbocycles. The van der Waals surface area contributed by atoms with Crippen LogP contribution in [-0.4, -0.2) is 37.7 Å². The number of benzene rings is 2. The van der Waals surface area contributed by atoms with Crippen molar-refractivity contribution in [2.45, 2.75) is 31.6 Å². The maximum Gasteiger partial charge on any atom is 0.251 e. The molecule has 1 unspecified atom stereocenters. The van der Waals surface area contributed by atoms with Gasteiger partial charge >= 0.3 is 0 Å². The van der Waals surface area contributed by atoms with Crippen LogP contribution in [0.5, 0.6) is 5.75 Å². The van der Waals surface area contributed by atoms with Gasteiger partial charge in [0.1, 0.15) is 30.3 Å². The molecule has 1 saturated heterocycles.